The molecule has 0 unspecified atom stereocenters. The molecule has 1 aliphatic rings. The molecule has 0 atom stereocenters. The van der Waals surface area contributed by atoms with E-state index in [4.69, 9.17) is 0 Å². The number of hydrogen-bond donors (Lipinski definition) is 1. The average Bonchev–Trinajstić information content (AvgIpc) is 3.23. The van der Waals surface area contributed by atoms with E-state index in [9.17, 15) is 4.79 Å². The fourth-order valence-corrected chi connectivity index (χ4v) is 5.27. The maximum Gasteiger partial charge on any atom is 0.251 e. The molecule has 0 bridgehead atoms. The van der Waals surface area contributed by atoms with Crippen molar-refractivity contribution < 1.29 is 4.79 Å². The van der Waals surface area contributed by atoms with E-state index < -0.39 is 0 Å². The molecule has 2 aromatic carbocycles. The molecule has 1 fully saturated rings. The normalized spacial score (nSPS) is 14.5. The summed E-state index contributed by atoms with van der Waals surface area (Å²) in [6.45, 7) is 6.01. The Morgan fingerprint density at radius 2 is 1.74 bits per heavy atom. The van der Waals surface area contributed by atoms with Crippen LogP contribution in [0.25, 0.3) is 0 Å². The van der Waals surface area contributed by atoms with Gasteiger partial charge in [0.15, 0.2) is 0 Å². The maximum absolute atomic E-state index is 12.5. The first-order valence-electron chi connectivity index (χ1n) is 10.9. The highest BCUT2D eigenvalue weighted by molar-refractivity contribution is 7.98. The van der Waals surface area contributed by atoms with Gasteiger partial charge in [0.2, 0.25) is 0 Å². The molecule has 6 heteroatoms. The van der Waals surface area contributed by atoms with Gasteiger partial charge in [0.05, 0.1) is 10.7 Å². The maximum atomic E-state index is 12.5. The lowest BCUT2D eigenvalue weighted by atomic mass is 10.1. The second-order valence-electron chi connectivity index (χ2n) is 8.01. The van der Waals surface area contributed by atoms with Crippen molar-refractivity contribution in [2.45, 2.75) is 49.9 Å². The molecule has 0 saturated carbocycles. The number of thioether (sulfide) groups is 1. The van der Waals surface area contributed by atoms with Crippen LogP contribution in [0.3, 0.4) is 0 Å². The summed E-state index contributed by atoms with van der Waals surface area (Å²) in [6, 6.07) is 16.4. The fourth-order valence-electron chi connectivity index (χ4n) is 3.76. The molecule has 4 rings (SSSR count). The number of hydrogen-bond acceptors (Lipinski definition) is 5. The van der Waals surface area contributed by atoms with Gasteiger partial charge in [-0.15, -0.1) is 23.1 Å². The van der Waals surface area contributed by atoms with Gasteiger partial charge in [-0.1, -0.05) is 30.7 Å². The Labute approximate surface area is 193 Å². The van der Waals surface area contributed by atoms with Gasteiger partial charge >= 0.3 is 0 Å². The molecule has 1 saturated heterocycles. The lowest BCUT2D eigenvalue weighted by Gasteiger charge is -2.26. The zero-order chi connectivity index (χ0) is 21.5. The van der Waals surface area contributed by atoms with Crippen molar-refractivity contribution in [1.82, 2.24) is 15.2 Å². The van der Waals surface area contributed by atoms with Gasteiger partial charge in [0.25, 0.3) is 5.91 Å². The smallest absolute Gasteiger partial charge is 0.251 e. The molecule has 3 aromatic rings. The van der Waals surface area contributed by atoms with E-state index in [0.717, 1.165) is 33.5 Å². The highest BCUT2D eigenvalue weighted by Crippen LogP contribution is 2.24. The Hall–Kier alpha value is -2.15. The van der Waals surface area contributed by atoms with E-state index in [0.29, 0.717) is 12.1 Å². The largest absolute Gasteiger partial charge is 0.348 e. The zero-order valence-electron chi connectivity index (χ0n) is 18.0. The molecule has 162 valence electrons. The van der Waals surface area contributed by atoms with Crippen LogP contribution < -0.4 is 5.32 Å². The number of rotatable bonds is 8. The molecule has 1 N–H and O–H groups in total. The predicted octanol–water partition coefficient (Wildman–Crippen LogP) is 5.66. The van der Waals surface area contributed by atoms with Crippen LogP contribution in [0.15, 0.2) is 58.8 Å². The van der Waals surface area contributed by atoms with Crippen molar-refractivity contribution in [2.24, 2.45) is 0 Å². The highest BCUT2D eigenvalue weighted by Gasteiger charge is 2.10. The third kappa shape index (κ3) is 6.66. The van der Waals surface area contributed by atoms with E-state index in [1.54, 1.807) is 23.1 Å². The van der Waals surface area contributed by atoms with E-state index in [-0.39, 0.29) is 5.91 Å². The molecule has 1 amide bonds. The van der Waals surface area contributed by atoms with Crippen LogP contribution in [0.5, 0.6) is 0 Å². The van der Waals surface area contributed by atoms with Crippen LogP contribution in [-0.4, -0.2) is 28.9 Å². The predicted molar refractivity (Wildman–Crippen MR) is 130 cm³/mol. The summed E-state index contributed by atoms with van der Waals surface area (Å²) in [7, 11) is 0. The standard InChI is InChI=1S/C25H29N3OS2/c1-19-27-23(17-30-19)18-31-24-11-9-22(10-12-24)25(29)26-15-20-5-7-21(8-6-20)16-28-13-3-2-4-14-28/h5-12,17H,2-4,13-16,18H2,1H3,(H,26,29). The van der Waals surface area contributed by atoms with Gasteiger partial charge in [0.1, 0.15) is 0 Å². The van der Waals surface area contributed by atoms with Crippen molar-refractivity contribution in [1.29, 1.82) is 0 Å². The van der Waals surface area contributed by atoms with Crippen molar-refractivity contribution >= 4 is 29.0 Å². The Kier molecular flexibility index (Phi) is 7.78. The number of aromatic nitrogens is 1. The summed E-state index contributed by atoms with van der Waals surface area (Å²) in [5.41, 5.74) is 4.27. The Morgan fingerprint density at radius 1 is 1.03 bits per heavy atom. The summed E-state index contributed by atoms with van der Waals surface area (Å²) in [4.78, 5) is 20.7. The van der Waals surface area contributed by atoms with Crippen LogP contribution in [0, 0.1) is 6.92 Å². The zero-order valence-corrected chi connectivity index (χ0v) is 19.6. The number of thiazole rings is 1. The van der Waals surface area contributed by atoms with Gasteiger partial charge in [-0.3, -0.25) is 9.69 Å². The lowest BCUT2D eigenvalue weighted by Crippen LogP contribution is -2.29. The van der Waals surface area contributed by atoms with E-state index in [1.807, 2.05) is 31.2 Å². The number of amides is 1. The quantitative estimate of drug-likeness (QED) is 0.449. The number of carbonyl (C=O) groups excluding carboxylic acids is 1. The highest BCUT2D eigenvalue weighted by atomic mass is 32.2. The molecule has 2 heterocycles. The number of carbonyl (C=O) groups is 1. The third-order valence-electron chi connectivity index (χ3n) is 5.50. The van der Waals surface area contributed by atoms with Gasteiger partial charge in [0, 0.05) is 34.7 Å². The van der Waals surface area contributed by atoms with Gasteiger partial charge in [-0.25, -0.2) is 4.98 Å². The Bertz CT molecular complexity index is 977. The van der Waals surface area contributed by atoms with Crippen LogP contribution in [0.4, 0.5) is 0 Å². The second kappa shape index (κ2) is 10.9. The SMILES string of the molecule is Cc1nc(CSc2ccc(C(=O)NCc3ccc(CN4CCCCC4)cc3)cc2)cs1. The molecule has 1 aliphatic heterocycles. The summed E-state index contributed by atoms with van der Waals surface area (Å²) in [5.74, 6) is 0.813. The summed E-state index contributed by atoms with van der Waals surface area (Å²) < 4.78 is 0. The van der Waals surface area contributed by atoms with Crippen molar-refractivity contribution in [3.8, 4) is 0 Å². The number of benzene rings is 2. The topological polar surface area (TPSA) is 45.2 Å². The number of nitrogens with zero attached hydrogens (tertiary/aromatic N) is 2. The molecule has 0 radical (unpaired) electrons. The minimum absolute atomic E-state index is 0.0379. The monoisotopic (exact) mass is 451 g/mol. The molecule has 31 heavy (non-hydrogen) atoms. The van der Waals surface area contributed by atoms with E-state index >= 15 is 0 Å². The number of aryl methyl sites for hydroxylation is 1. The average molecular weight is 452 g/mol. The molecule has 4 nitrogen and oxygen atoms in total. The molecular formula is C25H29N3OS2. The van der Waals surface area contributed by atoms with Crippen molar-refractivity contribution in [3.05, 3.63) is 81.3 Å². The third-order valence-corrected chi connectivity index (χ3v) is 7.37. The van der Waals surface area contributed by atoms with Gasteiger partial charge in [-0.2, -0.15) is 0 Å². The molecule has 0 spiro atoms. The second-order valence-corrected chi connectivity index (χ2v) is 10.1. The molecular weight excluding hydrogens is 422 g/mol. The lowest BCUT2D eigenvalue weighted by molar-refractivity contribution is 0.0951. The van der Waals surface area contributed by atoms with Crippen molar-refractivity contribution in [2.75, 3.05) is 13.1 Å². The van der Waals surface area contributed by atoms with Gasteiger partial charge < -0.3 is 5.32 Å². The van der Waals surface area contributed by atoms with E-state index in [1.165, 1.54) is 37.9 Å². The minimum atomic E-state index is -0.0379. The van der Waals surface area contributed by atoms with Crippen LogP contribution in [0.1, 0.15) is 51.4 Å². The summed E-state index contributed by atoms with van der Waals surface area (Å²) in [5, 5.41) is 6.23. The van der Waals surface area contributed by atoms with Crippen LogP contribution in [-0.2, 0) is 18.8 Å². The minimum Gasteiger partial charge on any atom is -0.348 e. The first-order chi connectivity index (χ1) is 15.2. The summed E-state index contributed by atoms with van der Waals surface area (Å²) >= 11 is 3.42. The molecule has 0 aliphatic carbocycles. The number of nitrogens with one attached hydrogen (secondary N) is 1. The van der Waals surface area contributed by atoms with Crippen LogP contribution in [0.2, 0.25) is 0 Å². The first kappa shape index (κ1) is 22.1. The Balaban J connectivity index is 1.23. The molecule has 1 aromatic heterocycles. The fraction of sp³-hybridized carbons (Fsp3) is 0.360. The Morgan fingerprint density at radius 3 is 2.42 bits per heavy atom. The first-order valence-corrected chi connectivity index (χ1v) is 12.7. The van der Waals surface area contributed by atoms with Crippen molar-refractivity contribution in [3.63, 3.8) is 0 Å². The summed E-state index contributed by atoms with van der Waals surface area (Å²) in [6.07, 6.45) is 3.99. The van der Waals surface area contributed by atoms with Gasteiger partial charge in [-0.05, 0) is 68.2 Å². The van der Waals surface area contributed by atoms with Crippen LogP contribution >= 0.6 is 23.1 Å². The number of piperidine rings is 1. The van der Waals surface area contributed by atoms with E-state index in [2.05, 4.69) is 44.8 Å². The number of likely N-dealkylation sites (tertiary alicyclic amines) is 1.